The van der Waals surface area contributed by atoms with E-state index in [1.54, 1.807) is 6.07 Å². The minimum atomic E-state index is -0.105. The van der Waals surface area contributed by atoms with Gasteiger partial charge in [-0.1, -0.05) is 70.4 Å². The number of rotatable bonds is 15. The normalized spacial score (nSPS) is 11.4. The average Bonchev–Trinajstić information content (AvgIpc) is 2.57. The first-order valence-electron chi connectivity index (χ1n) is 10.2. The maximum atomic E-state index is 11.3. The van der Waals surface area contributed by atoms with Crippen LogP contribution in [0.25, 0.3) is 0 Å². The van der Waals surface area contributed by atoms with Crippen LogP contribution in [0.5, 0.6) is 0 Å². The van der Waals surface area contributed by atoms with Crippen LogP contribution < -0.4 is 5.56 Å². The van der Waals surface area contributed by atoms with Crippen LogP contribution in [-0.4, -0.2) is 9.97 Å². The maximum Gasteiger partial charge on any atom is 0.251 e. The molecule has 0 fully saturated rings. The summed E-state index contributed by atoms with van der Waals surface area (Å²) in [4.78, 5) is 16.9. The zero-order valence-corrected chi connectivity index (χ0v) is 16.8. The highest BCUT2D eigenvalue weighted by molar-refractivity contribution is 7.71. The summed E-state index contributed by atoms with van der Waals surface area (Å²) < 4.78 is 0.426. The Kier molecular flexibility index (Phi) is 13.2. The number of H-pyrrole nitrogens is 2. The summed E-state index contributed by atoms with van der Waals surface area (Å²) in [5, 5.41) is 0. The lowest BCUT2D eigenvalue weighted by Gasteiger charge is -2.02. The summed E-state index contributed by atoms with van der Waals surface area (Å²) in [5.41, 5.74) is 0.845. The first-order valence-corrected chi connectivity index (χ1v) is 10.6. The summed E-state index contributed by atoms with van der Waals surface area (Å²) in [5.74, 6) is 0. The van der Waals surface area contributed by atoms with E-state index in [1.165, 1.54) is 77.0 Å². The third kappa shape index (κ3) is 12.8. The largest absolute Gasteiger partial charge is 0.336 e. The quantitative estimate of drug-likeness (QED) is 0.209. The molecule has 25 heavy (non-hydrogen) atoms. The van der Waals surface area contributed by atoms with Crippen LogP contribution in [0.1, 0.15) is 96.1 Å². The number of hydrogen-bond donors (Lipinski definition) is 2. The van der Waals surface area contributed by atoms with Gasteiger partial charge < -0.3 is 4.98 Å². The lowest BCUT2D eigenvalue weighted by atomic mass is 10.1. The molecule has 0 atom stereocenters. The van der Waals surface area contributed by atoms with Gasteiger partial charge in [-0.2, -0.15) is 0 Å². The van der Waals surface area contributed by atoms with E-state index < -0.39 is 0 Å². The Bertz CT molecular complexity index is 545. The van der Waals surface area contributed by atoms with Gasteiger partial charge in [0.05, 0.1) is 0 Å². The predicted molar refractivity (Wildman–Crippen MR) is 111 cm³/mol. The average molecular weight is 365 g/mol. The van der Waals surface area contributed by atoms with Crippen molar-refractivity contribution in [1.29, 1.82) is 0 Å². The molecule has 0 radical (unpaired) electrons. The molecule has 0 aliphatic carbocycles. The van der Waals surface area contributed by atoms with E-state index in [9.17, 15) is 4.79 Å². The number of hydrogen-bond acceptors (Lipinski definition) is 2. The van der Waals surface area contributed by atoms with Crippen molar-refractivity contribution in [2.45, 2.75) is 96.8 Å². The molecule has 1 heterocycles. The molecule has 0 bridgehead atoms. The lowest BCUT2D eigenvalue weighted by Crippen LogP contribution is -2.08. The Morgan fingerprint density at radius 2 is 1.40 bits per heavy atom. The van der Waals surface area contributed by atoms with Crippen LogP contribution in [0.3, 0.4) is 0 Å². The van der Waals surface area contributed by atoms with Crippen molar-refractivity contribution < 1.29 is 0 Å². The minimum absolute atomic E-state index is 0.105. The molecule has 3 nitrogen and oxygen atoms in total. The maximum absolute atomic E-state index is 11.3. The predicted octanol–water partition coefficient (Wildman–Crippen LogP) is 6.62. The monoisotopic (exact) mass is 364 g/mol. The van der Waals surface area contributed by atoms with E-state index in [4.69, 9.17) is 12.2 Å². The van der Waals surface area contributed by atoms with Crippen LogP contribution in [0.15, 0.2) is 23.0 Å². The van der Waals surface area contributed by atoms with Gasteiger partial charge in [0.1, 0.15) is 0 Å². The number of aromatic amines is 2. The molecule has 0 aliphatic rings. The van der Waals surface area contributed by atoms with Crippen molar-refractivity contribution in [3.63, 3.8) is 0 Å². The molecular formula is C21H36N2OS. The fourth-order valence-corrected chi connectivity index (χ4v) is 3.27. The fourth-order valence-electron chi connectivity index (χ4n) is 3.04. The molecule has 1 aromatic heterocycles. The summed E-state index contributed by atoms with van der Waals surface area (Å²) in [6.45, 7) is 2.27. The molecule has 1 rings (SSSR count). The van der Waals surface area contributed by atoms with E-state index in [0.29, 0.717) is 4.77 Å². The molecule has 0 unspecified atom stereocenters. The summed E-state index contributed by atoms with van der Waals surface area (Å²) >= 11 is 4.98. The van der Waals surface area contributed by atoms with Gasteiger partial charge in [-0.3, -0.25) is 9.78 Å². The summed E-state index contributed by atoms with van der Waals surface area (Å²) in [6, 6.07) is 1.62. The summed E-state index contributed by atoms with van der Waals surface area (Å²) in [6.07, 6.45) is 22.6. The Labute approximate surface area is 158 Å². The van der Waals surface area contributed by atoms with Gasteiger partial charge in [-0.25, -0.2) is 0 Å². The van der Waals surface area contributed by atoms with Crippen molar-refractivity contribution in [3.8, 4) is 0 Å². The molecule has 1 aromatic rings. The molecule has 0 saturated carbocycles. The van der Waals surface area contributed by atoms with Crippen LogP contribution in [0.2, 0.25) is 0 Å². The Hall–Kier alpha value is -1.16. The van der Waals surface area contributed by atoms with Gasteiger partial charge in [-0.15, -0.1) is 0 Å². The van der Waals surface area contributed by atoms with E-state index >= 15 is 0 Å². The Morgan fingerprint density at radius 3 is 2.00 bits per heavy atom. The van der Waals surface area contributed by atoms with Gasteiger partial charge in [-0.05, 0) is 50.7 Å². The number of allylic oxidation sites excluding steroid dienone is 2. The van der Waals surface area contributed by atoms with Gasteiger partial charge in [0, 0.05) is 11.8 Å². The van der Waals surface area contributed by atoms with Gasteiger partial charge in [0.25, 0.3) is 5.56 Å². The number of nitrogens with one attached hydrogen (secondary N) is 2. The second kappa shape index (κ2) is 15.1. The lowest BCUT2D eigenvalue weighted by molar-refractivity contribution is 0.607. The van der Waals surface area contributed by atoms with Gasteiger partial charge in [0.15, 0.2) is 4.77 Å². The van der Waals surface area contributed by atoms with Crippen LogP contribution >= 0.6 is 12.2 Å². The fraction of sp³-hybridized carbons (Fsp3) is 0.714. The molecule has 2 N–H and O–H groups in total. The first-order chi connectivity index (χ1) is 12.2. The molecule has 0 aliphatic heterocycles. The molecule has 0 spiro atoms. The van der Waals surface area contributed by atoms with E-state index in [2.05, 4.69) is 29.0 Å². The van der Waals surface area contributed by atoms with Crippen LogP contribution in [0, 0.1) is 4.77 Å². The van der Waals surface area contributed by atoms with Crippen LogP contribution in [0.4, 0.5) is 0 Å². The molecule has 0 amide bonds. The van der Waals surface area contributed by atoms with Crippen molar-refractivity contribution in [2.75, 3.05) is 0 Å². The Balaban J connectivity index is 1.89. The number of aromatic nitrogens is 2. The van der Waals surface area contributed by atoms with Crippen molar-refractivity contribution in [1.82, 2.24) is 9.97 Å². The highest BCUT2D eigenvalue weighted by atomic mass is 32.1. The van der Waals surface area contributed by atoms with Crippen LogP contribution in [-0.2, 0) is 6.42 Å². The van der Waals surface area contributed by atoms with Gasteiger partial charge in [0.2, 0.25) is 0 Å². The van der Waals surface area contributed by atoms with Gasteiger partial charge >= 0.3 is 0 Å². The standard InChI is InChI=1S/C21H36N2OS/c1-2-3-4-5-6-7-8-9-10-11-12-13-14-15-16-17-19-18-20(24)23-21(25)22-19/h9-10,18H,2-8,11-17H2,1H3,(H2,22,23,24,25). The molecule has 0 saturated heterocycles. The zero-order valence-electron chi connectivity index (χ0n) is 15.9. The summed E-state index contributed by atoms with van der Waals surface area (Å²) in [7, 11) is 0. The SMILES string of the molecule is CCCCCCCCC=CCCCCCCCc1cc(=O)[nH]c(=S)[nH]1. The molecule has 142 valence electrons. The zero-order chi connectivity index (χ0) is 18.2. The highest BCUT2D eigenvalue weighted by Crippen LogP contribution is 2.10. The van der Waals surface area contributed by atoms with E-state index in [-0.39, 0.29) is 5.56 Å². The third-order valence-corrected chi connectivity index (χ3v) is 4.73. The third-order valence-electron chi connectivity index (χ3n) is 4.52. The molecule has 4 heteroatoms. The second-order valence-electron chi connectivity index (χ2n) is 6.95. The van der Waals surface area contributed by atoms with E-state index in [1.807, 2.05) is 0 Å². The molecular weight excluding hydrogens is 328 g/mol. The van der Waals surface area contributed by atoms with E-state index in [0.717, 1.165) is 18.5 Å². The van der Waals surface area contributed by atoms with Crippen molar-refractivity contribution >= 4 is 12.2 Å². The van der Waals surface area contributed by atoms with Crippen molar-refractivity contribution in [3.05, 3.63) is 39.0 Å². The smallest absolute Gasteiger partial charge is 0.251 e. The Morgan fingerprint density at radius 1 is 0.840 bits per heavy atom. The molecule has 0 aromatic carbocycles. The second-order valence-corrected chi connectivity index (χ2v) is 7.36. The number of unbranched alkanes of at least 4 members (excludes halogenated alkanes) is 11. The van der Waals surface area contributed by atoms with Crippen molar-refractivity contribution in [2.24, 2.45) is 0 Å². The topological polar surface area (TPSA) is 48.6 Å². The number of aryl methyl sites for hydroxylation is 1. The first kappa shape index (κ1) is 21.9. The minimum Gasteiger partial charge on any atom is -0.336 e. The highest BCUT2D eigenvalue weighted by Gasteiger charge is 1.96.